The average molecular weight is 341 g/mol. The Bertz CT molecular complexity index is 751. The highest BCUT2D eigenvalue weighted by atomic mass is 16.2. The molecule has 1 aliphatic heterocycles. The quantitative estimate of drug-likeness (QED) is 0.842. The Hall–Kier alpha value is -2.48. The fraction of sp³-hybridized carbons (Fsp3) is 0.529. The summed E-state index contributed by atoms with van der Waals surface area (Å²) >= 11 is 0. The number of nitrogens with zero attached hydrogens (tertiary/aromatic N) is 6. The number of benzene rings is 1. The highest BCUT2D eigenvalue weighted by molar-refractivity contribution is 5.76. The van der Waals surface area contributed by atoms with Crippen LogP contribution in [0.1, 0.15) is 17.5 Å². The lowest BCUT2D eigenvalue weighted by Crippen LogP contribution is -2.53. The first-order valence-corrected chi connectivity index (χ1v) is 8.81. The molecule has 0 radical (unpaired) electrons. The van der Waals surface area contributed by atoms with E-state index >= 15 is 0 Å². The van der Waals surface area contributed by atoms with Gasteiger partial charge in [0.1, 0.15) is 6.54 Å². The van der Waals surface area contributed by atoms with Crippen molar-refractivity contribution in [1.29, 1.82) is 0 Å². The van der Waals surface area contributed by atoms with Gasteiger partial charge in [-0.3, -0.25) is 9.69 Å². The summed E-state index contributed by atoms with van der Waals surface area (Å²) < 4.78 is 1.34. The number of nitrogens with two attached hydrogens (primary N) is 1. The van der Waals surface area contributed by atoms with Crippen LogP contribution < -0.4 is 5.73 Å². The molecule has 2 aromatic rings. The van der Waals surface area contributed by atoms with E-state index < -0.39 is 0 Å². The first-order valence-electron chi connectivity index (χ1n) is 8.81. The number of nitrogen functional groups attached to an aromatic ring is 1. The van der Waals surface area contributed by atoms with Gasteiger partial charge in [-0.2, -0.15) is 0 Å². The first-order chi connectivity index (χ1) is 12.2. The third-order valence-electron chi connectivity index (χ3n) is 5.35. The number of rotatable bonds is 3. The molecule has 4 rings (SSSR count). The van der Waals surface area contributed by atoms with Crippen LogP contribution in [0, 0.1) is 0 Å². The number of hydrogen-bond acceptors (Lipinski definition) is 6. The van der Waals surface area contributed by atoms with Crippen LogP contribution in [-0.4, -0.2) is 68.1 Å². The number of tetrazole rings is 1. The molecule has 8 heteroatoms. The number of amides is 1. The van der Waals surface area contributed by atoms with E-state index in [1.54, 1.807) is 0 Å². The Morgan fingerprint density at radius 2 is 1.92 bits per heavy atom. The number of aromatic nitrogens is 4. The lowest BCUT2D eigenvalue weighted by molar-refractivity contribution is -0.134. The maximum absolute atomic E-state index is 12.4. The van der Waals surface area contributed by atoms with Crippen molar-refractivity contribution in [2.75, 3.05) is 31.9 Å². The number of hydrogen-bond donors (Lipinski definition) is 1. The zero-order chi connectivity index (χ0) is 17.2. The maximum Gasteiger partial charge on any atom is 0.244 e. The molecular formula is C17H23N7O. The molecule has 1 aliphatic carbocycles. The first kappa shape index (κ1) is 16.0. The van der Waals surface area contributed by atoms with Crippen molar-refractivity contribution in [1.82, 2.24) is 30.0 Å². The summed E-state index contributed by atoms with van der Waals surface area (Å²) in [6.45, 7) is 3.45. The van der Waals surface area contributed by atoms with Gasteiger partial charge in [-0.15, -0.1) is 0 Å². The van der Waals surface area contributed by atoms with E-state index in [-0.39, 0.29) is 18.4 Å². The van der Waals surface area contributed by atoms with Gasteiger partial charge in [-0.1, -0.05) is 29.4 Å². The summed E-state index contributed by atoms with van der Waals surface area (Å²) in [6, 6.07) is 9.33. The second-order valence-electron chi connectivity index (χ2n) is 6.78. The molecule has 0 spiro atoms. The van der Waals surface area contributed by atoms with E-state index in [4.69, 9.17) is 5.73 Å². The lowest BCUT2D eigenvalue weighted by Gasteiger charge is -2.41. The lowest BCUT2D eigenvalue weighted by atomic mass is 9.87. The molecule has 1 aromatic heterocycles. The summed E-state index contributed by atoms with van der Waals surface area (Å²) in [5.74, 6) is 0.195. The number of anilines is 1. The Balaban J connectivity index is 1.31. The molecule has 2 aliphatic rings. The summed E-state index contributed by atoms with van der Waals surface area (Å²) in [7, 11) is 0. The van der Waals surface area contributed by atoms with E-state index in [0.717, 1.165) is 39.0 Å². The van der Waals surface area contributed by atoms with Crippen molar-refractivity contribution < 1.29 is 4.79 Å². The molecule has 1 fully saturated rings. The normalized spacial score (nSPS) is 21.1. The molecule has 2 N–H and O–H groups in total. The van der Waals surface area contributed by atoms with Crippen LogP contribution in [0.2, 0.25) is 0 Å². The molecule has 0 bridgehead atoms. The van der Waals surface area contributed by atoms with E-state index in [9.17, 15) is 4.79 Å². The van der Waals surface area contributed by atoms with Crippen LogP contribution in [0.25, 0.3) is 0 Å². The topological polar surface area (TPSA) is 93.2 Å². The minimum atomic E-state index is 0.0210. The second kappa shape index (κ2) is 6.79. The van der Waals surface area contributed by atoms with Crippen molar-refractivity contribution in [2.45, 2.75) is 31.8 Å². The Morgan fingerprint density at radius 1 is 1.16 bits per heavy atom. The summed E-state index contributed by atoms with van der Waals surface area (Å²) in [5.41, 5.74) is 8.60. The van der Waals surface area contributed by atoms with E-state index in [2.05, 4.69) is 44.7 Å². The summed E-state index contributed by atoms with van der Waals surface area (Å²) in [4.78, 5) is 16.8. The average Bonchev–Trinajstić information content (AvgIpc) is 3.06. The van der Waals surface area contributed by atoms with Crippen LogP contribution in [0.4, 0.5) is 5.95 Å². The molecule has 25 heavy (non-hydrogen) atoms. The smallest absolute Gasteiger partial charge is 0.244 e. The van der Waals surface area contributed by atoms with Gasteiger partial charge in [0.25, 0.3) is 0 Å². The molecule has 2 heterocycles. The SMILES string of the molecule is Nc1nnnn1CC(=O)N1CCN(C2CCc3ccccc3C2)CC1. The maximum atomic E-state index is 12.4. The molecular weight excluding hydrogens is 318 g/mol. The number of carbonyl (C=O) groups excluding carboxylic acids is 1. The fourth-order valence-electron chi connectivity index (χ4n) is 3.88. The standard InChI is InChI=1S/C17H23N7O/c18-17-19-20-21-24(17)12-16(25)23-9-7-22(8-10-23)15-6-5-13-3-1-2-4-14(13)11-15/h1-4,15H,5-12H2,(H2,18,19,21). The Morgan fingerprint density at radius 3 is 2.64 bits per heavy atom. The molecule has 1 unspecified atom stereocenters. The van der Waals surface area contributed by atoms with Gasteiger partial charge >= 0.3 is 0 Å². The van der Waals surface area contributed by atoms with Gasteiger partial charge in [0.2, 0.25) is 11.9 Å². The van der Waals surface area contributed by atoms with Gasteiger partial charge in [-0.25, -0.2) is 4.68 Å². The molecule has 0 saturated carbocycles. The Kier molecular flexibility index (Phi) is 4.35. The van der Waals surface area contributed by atoms with Crippen LogP contribution in [0.15, 0.2) is 24.3 Å². The number of aryl methyl sites for hydroxylation is 1. The molecule has 8 nitrogen and oxygen atoms in total. The largest absolute Gasteiger partial charge is 0.367 e. The Labute approximate surface area is 146 Å². The minimum Gasteiger partial charge on any atom is -0.367 e. The van der Waals surface area contributed by atoms with E-state index in [1.165, 1.54) is 22.2 Å². The fourth-order valence-corrected chi connectivity index (χ4v) is 3.88. The van der Waals surface area contributed by atoms with Crippen molar-refractivity contribution in [3.05, 3.63) is 35.4 Å². The van der Waals surface area contributed by atoms with Crippen molar-refractivity contribution >= 4 is 11.9 Å². The predicted octanol–water partition coefficient (Wildman–Crippen LogP) is -0.0430. The molecule has 1 amide bonds. The van der Waals surface area contributed by atoms with Gasteiger partial charge in [0.05, 0.1) is 0 Å². The van der Waals surface area contributed by atoms with E-state index in [0.29, 0.717) is 6.04 Å². The monoisotopic (exact) mass is 341 g/mol. The van der Waals surface area contributed by atoms with Gasteiger partial charge in [-0.05, 0) is 40.8 Å². The van der Waals surface area contributed by atoms with Crippen LogP contribution >= 0.6 is 0 Å². The zero-order valence-electron chi connectivity index (χ0n) is 14.2. The van der Waals surface area contributed by atoms with Crippen molar-refractivity contribution in [3.63, 3.8) is 0 Å². The van der Waals surface area contributed by atoms with Crippen LogP contribution in [-0.2, 0) is 24.2 Å². The number of piperazine rings is 1. The number of fused-ring (bicyclic) bond motifs is 1. The van der Waals surface area contributed by atoms with Gasteiger partial charge < -0.3 is 10.6 Å². The second-order valence-corrected chi connectivity index (χ2v) is 6.78. The third kappa shape index (κ3) is 3.34. The zero-order valence-corrected chi connectivity index (χ0v) is 14.2. The predicted molar refractivity (Wildman–Crippen MR) is 92.6 cm³/mol. The summed E-state index contributed by atoms with van der Waals surface area (Å²) in [5, 5.41) is 10.8. The third-order valence-corrected chi connectivity index (χ3v) is 5.35. The molecule has 132 valence electrons. The van der Waals surface area contributed by atoms with Crippen LogP contribution in [0.5, 0.6) is 0 Å². The highest BCUT2D eigenvalue weighted by Gasteiger charge is 2.28. The van der Waals surface area contributed by atoms with Crippen molar-refractivity contribution in [3.8, 4) is 0 Å². The van der Waals surface area contributed by atoms with Gasteiger partial charge in [0.15, 0.2) is 0 Å². The molecule has 1 aromatic carbocycles. The molecule has 1 atom stereocenters. The highest BCUT2D eigenvalue weighted by Crippen LogP contribution is 2.25. The van der Waals surface area contributed by atoms with E-state index in [1.807, 2.05) is 4.90 Å². The van der Waals surface area contributed by atoms with Crippen molar-refractivity contribution in [2.24, 2.45) is 0 Å². The van der Waals surface area contributed by atoms with Gasteiger partial charge in [0, 0.05) is 32.2 Å². The molecule has 1 saturated heterocycles. The summed E-state index contributed by atoms with van der Waals surface area (Å²) in [6.07, 6.45) is 3.47. The number of carbonyl (C=O) groups is 1. The minimum absolute atomic E-state index is 0.0210. The van der Waals surface area contributed by atoms with Crippen LogP contribution in [0.3, 0.4) is 0 Å².